The van der Waals surface area contributed by atoms with Gasteiger partial charge in [-0.05, 0) is 37.5 Å². The van der Waals surface area contributed by atoms with Crippen LogP contribution in [0.4, 0.5) is 4.79 Å². The largest absolute Gasteiger partial charge is 0.493 e. The molecule has 0 bridgehead atoms. The molecule has 30 heavy (non-hydrogen) atoms. The molecule has 1 heterocycles. The summed E-state index contributed by atoms with van der Waals surface area (Å²) in [5.74, 6) is -0.615. The monoisotopic (exact) mass is 421 g/mol. The molecule has 1 aromatic rings. The molecule has 2 N–H and O–H groups in total. The van der Waals surface area contributed by atoms with E-state index < -0.39 is 42.5 Å². The molecule has 1 aromatic carbocycles. The third-order valence-corrected chi connectivity index (χ3v) is 4.89. The Kier molecular flexibility index (Phi) is 7.62. The van der Waals surface area contributed by atoms with Crippen LogP contribution in [0.5, 0.6) is 11.5 Å². The first-order chi connectivity index (χ1) is 14.2. The van der Waals surface area contributed by atoms with Crippen LogP contribution in [0.3, 0.4) is 0 Å². The van der Waals surface area contributed by atoms with Crippen molar-refractivity contribution in [3.8, 4) is 11.5 Å². The highest BCUT2D eigenvalue weighted by molar-refractivity contribution is 6.08. The van der Waals surface area contributed by atoms with Crippen molar-refractivity contribution >= 4 is 23.8 Å². The fraction of sp³-hybridized carbons (Fsp3) is 0.500. The Morgan fingerprint density at radius 1 is 1.17 bits per heavy atom. The van der Waals surface area contributed by atoms with E-state index in [0.717, 1.165) is 10.5 Å². The van der Waals surface area contributed by atoms with Gasteiger partial charge in [0.1, 0.15) is 12.1 Å². The van der Waals surface area contributed by atoms with Crippen molar-refractivity contribution in [2.75, 3.05) is 33.9 Å². The average molecular weight is 421 g/mol. The van der Waals surface area contributed by atoms with Gasteiger partial charge < -0.3 is 24.8 Å². The summed E-state index contributed by atoms with van der Waals surface area (Å²) in [4.78, 5) is 48.7. The number of hydrogen-bond donors (Lipinski definition) is 2. The average Bonchev–Trinajstić information content (AvgIpc) is 2.95. The molecule has 0 saturated carbocycles. The Morgan fingerprint density at radius 3 is 2.47 bits per heavy atom. The Morgan fingerprint density at radius 2 is 1.87 bits per heavy atom. The molecule has 1 atom stereocenters. The summed E-state index contributed by atoms with van der Waals surface area (Å²) < 4.78 is 15.3. The van der Waals surface area contributed by atoms with Crippen molar-refractivity contribution in [1.29, 1.82) is 0 Å². The van der Waals surface area contributed by atoms with E-state index in [1.165, 1.54) is 0 Å². The van der Waals surface area contributed by atoms with E-state index in [1.807, 2.05) is 12.1 Å². The molecule has 0 aromatic heterocycles. The lowest BCUT2D eigenvalue weighted by molar-refractivity contribution is -0.151. The number of methoxy groups -OCH3 is 2. The molecule has 0 spiro atoms. The van der Waals surface area contributed by atoms with E-state index in [2.05, 4.69) is 10.6 Å². The van der Waals surface area contributed by atoms with Crippen LogP contribution < -0.4 is 20.1 Å². The van der Waals surface area contributed by atoms with Gasteiger partial charge in [0.05, 0.1) is 14.2 Å². The van der Waals surface area contributed by atoms with Crippen LogP contribution in [0.2, 0.25) is 0 Å². The zero-order valence-electron chi connectivity index (χ0n) is 17.6. The number of carbonyl (C=O) groups is 4. The Bertz CT molecular complexity index is 827. The van der Waals surface area contributed by atoms with Gasteiger partial charge >= 0.3 is 12.0 Å². The maximum atomic E-state index is 12.2. The summed E-state index contributed by atoms with van der Waals surface area (Å²) in [7, 11) is 3.09. The predicted octanol–water partition coefficient (Wildman–Crippen LogP) is 0.626. The van der Waals surface area contributed by atoms with E-state index in [9.17, 15) is 19.2 Å². The summed E-state index contributed by atoms with van der Waals surface area (Å²) in [6, 6.07) is 4.79. The maximum absolute atomic E-state index is 12.2. The van der Waals surface area contributed by atoms with Crippen LogP contribution in [0.25, 0.3) is 0 Å². The molecule has 0 radical (unpaired) electrons. The number of rotatable bonds is 10. The molecule has 4 amide bonds. The maximum Gasteiger partial charge on any atom is 0.326 e. The molecule has 1 fully saturated rings. The third-order valence-electron chi connectivity index (χ3n) is 4.89. The minimum Gasteiger partial charge on any atom is -0.493 e. The highest BCUT2D eigenvalue weighted by Crippen LogP contribution is 2.27. The highest BCUT2D eigenvalue weighted by atomic mass is 16.5. The second-order valence-electron chi connectivity index (χ2n) is 6.96. The topological polar surface area (TPSA) is 123 Å². The molecule has 1 aliphatic rings. The van der Waals surface area contributed by atoms with Crippen molar-refractivity contribution in [3.63, 3.8) is 0 Å². The van der Waals surface area contributed by atoms with E-state index in [4.69, 9.17) is 14.2 Å². The highest BCUT2D eigenvalue weighted by Gasteiger charge is 2.47. The first kappa shape index (κ1) is 23.0. The van der Waals surface area contributed by atoms with Gasteiger partial charge in [-0.3, -0.25) is 19.3 Å². The minimum atomic E-state index is -1.03. The minimum absolute atomic E-state index is 0.327. The predicted molar refractivity (Wildman–Crippen MR) is 106 cm³/mol. The van der Waals surface area contributed by atoms with Crippen LogP contribution in [-0.2, 0) is 25.5 Å². The number of hydrogen-bond acceptors (Lipinski definition) is 7. The fourth-order valence-corrected chi connectivity index (χ4v) is 2.88. The van der Waals surface area contributed by atoms with Crippen molar-refractivity contribution in [2.45, 2.75) is 32.2 Å². The first-order valence-corrected chi connectivity index (χ1v) is 9.51. The Labute approximate surface area is 174 Å². The van der Waals surface area contributed by atoms with Gasteiger partial charge in [-0.1, -0.05) is 13.0 Å². The number of urea groups is 1. The zero-order valence-corrected chi connectivity index (χ0v) is 17.6. The summed E-state index contributed by atoms with van der Waals surface area (Å²) in [5.41, 5.74) is -0.0960. The van der Waals surface area contributed by atoms with Gasteiger partial charge in [0.2, 0.25) is 0 Å². The van der Waals surface area contributed by atoms with Gasteiger partial charge in [-0.2, -0.15) is 0 Å². The molecule has 2 rings (SSSR count). The van der Waals surface area contributed by atoms with E-state index in [-0.39, 0.29) is 0 Å². The third kappa shape index (κ3) is 5.40. The van der Waals surface area contributed by atoms with Gasteiger partial charge in [0.25, 0.3) is 11.8 Å². The van der Waals surface area contributed by atoms with Crippen LogP contribution in [0.15, 0.2) is 18.2 Å². The molecule has 1 saturated heterocycles. The van der Waals surface area contributed by atoms with Crippen LogP contribution in [0, 0.1) is 0 Å². The number of carbonyl (C=O) groups excluding carboxylic acids is 4. The molecular weight excluding hydrogens is 394 g/mol. The summed E-state index contributed by atoms with van der Waals surface area (Å²) in [6.45, 7) is 2.63. The van der Waals surface area contributed by atoms with E-state index >= 15 is 0 Å². The number of nitrogens with one attached hydrogen (secondary N) is 2. The number of amides is 4. The smallest absolute Gasteiger partial charge is 0.326 e. The van der Waals surface area contributed by atoms with Crippen molar-refractivity contribution < 1.29 is 33.4 Å². The standard InChI is InChI=1S/C20H27N3O7/c1-5-20(2)18(26)23(19(27)22-20)11-17(25)30-12-16(24)21-9-8-13-6-7-14(28-3)15(10-13)29-4/h6-7,10H,5,8-9,11-12H2,1-4H3,(H,21,24)(H,22,27)/t20-/m1/s1. The molecule has 1 aliphatic heterocycles. The molecule has 10 nitrogen and oxygen atoms in total. The molecule has 10 heteroatoms. The van der Waals surface area contributed by atoms with Crippen LogP contribution in [0.1, 0.15) is 25.8 Å². The number of imide groups is 1. The second-order valence-corrected chi connectivity index (χ2v) is 6.96. The summed E-state index contributed by atoms with van der Waals surface area (Å²) in [5, 5.41) is 5.18. The summed E-state index contributed by atoms with van der Waals surface area (Å²) >= 11 is 0. The van der Waals surface area contributed by atoms with E-state index in [0.29, 0.717) is 30.9 Å². The summed E-state index contributed by atoms with van der Waals surface area (Å²) in [6.07, 6.45) is 0.934. The van der Waals surface area contributed by atoms with Crippen molar-refractivity contribution in [3.05, 3.63) is 23.8 Å². The number of esters is 1. The fourth-order valence-electron chi connectivity index (χ4n) is 2.88. The second kappa shape index (κ2) is 9.95. The van der Waals surface area contributed by atoms with Gasteiger partial charge in [-0.25, -0.2) is 4.79 Å². The normalized spacial score (nSPS) is 18.1. The first-order valence-electron chi connectivity index (χ1n) is 9.51. The molecule has 164 valence electrons. The lowest BCUT2D eigenvalue weighted by Crippen LogP contribution is -2.43. The molecule has 0 aliphatic carbocycles. The van der Waals surface area contributed by atoms with Crippen molar-refractivity contribution in [2.24, 2.45) is 0 Å². The van der Waals surface area contributed by atoms with Crippen molar-refractivity contribution in [1.82, 2.24) is 15.5 Å². The Balaban J connectivity index is 1.74. The van der Waals surface area contributed by atoms with Gasteiger partial charge in [-0.15, -0.1) is 0 Å². The lowest BCUT2D eigenvalue weighted by Gasteiger charge is -2.18. The number of ether oxygens (including phenoxy) is 3. The lowest BCUT2D eigenvalue weighted by atomic mass is 9.99. The van der Waals surface area contributed by atoms with Crippen LogP contribution in [-0.4, -0.2) is 68.2 Å². The molecular formula is C20H27N3O7. The quantitative estimate of drug-likeness (QED) is 0.419. The van der Waals surface area contributed by atoms with E-state index in [1.54, 1.807) is 34.1 Å². The molecule has 0 unspecified atom stereocenters. The Hall–Kier alpha value is -3.30. The van der Waals surface area contributed by atoms with Gasteiger partial charge in [0.15, 0.2) is 18.1 Å². The SMILES string of the molecule is CC[C@@]1(C)NC(=O)N(CC(=O)OCC(=O)NCCc2ccc(OC)c(OC)c2)C1=O. The number of benzene rings is 1. The zero-order chi connectivity index (χ0) is 22.3. The van der Waals surface area contributed by atoms with Gasteiger partial charge in [0, 0.05) is 6.54 Å². The number of nitrogens with zero attached hydrogens (tertiary/aromatic N) is 1. The van der Waals surface area contributed by atoms with Crippen LogP contribution >= 0.6 is 0 Å².